The molecule has 1 fully saturated rings. The van der Waals surface area contributed by atoms with Crippen LogP contribution in [0.4, 0.5) is 0 Å². The van der Waals surface area contributed by atoms with Gasteiger partial charge in [0.15, 0.2) is 9.84 Å². The summed E-state index contributed by atoms with van der Waals surface area (Å²) >= 11 is 0. The molecule has 0 aromatic carbocycles. The Morgan fingerprint density at radius 2 is 2.36 bits per heavy atom. The Morgan fingerprint density at radius 3 is 3.00 bits per heavy atom. The van der Waals surface area contributed by atoms with Crippen molar-refractivity contribution in [3.05, 3.63) is 41.6 Å². The summed E-state index contributed by atoms with van der Waals surface area (Å²) in [5, 5.41) is 6.99. The highest BCUT2D eigenvalue weighted by Crippen LogP contribution is 2.25. The third kappa shape index (κ3) is 2.92. The average molecular weight is 323 g/mol. The summed E-state index contributed by atoms with van der Waals surface area (Å²) in [7, 11) is -2.98. The standard InChI is InChI=1S/C14H17N3O4S/c1-10-13(14(18)15-6-11-2-4-21-8-11)7-16-17(10)12-3-5-22(19,20)9-12/h2,4,7-8,12H,3,5-6,9H2,1H3,(H,15,18)/t12-/m0/s1. The Kier molecular flexibility index (Phi) is 3.78. The minimum Gasteiger partial charge on any atom is -0.472 e. The quantitative estimate of drug-likeness (QED) is 0.908. The van der Waals surface area contributed by atoms with Gasteiger partial charge in [-0.1, -0.05) is 0 Å². The van der Waals surface area contributed by atoms with E-state index in [-0.39, 0.29) is 23.5 Å². The van der Waals surface area contributed by atoms with E-state index < -0.39 is 9.84 Å². The van der Waals surface area contributed by atoms with Crippen LogP contribution in [0, 0.1) is 6.92 Å². The molecule has 1 amide bonds. The summed E-state index contributed by atoms with van der Waals surface area (Å²) in [6, 6.07) is 1.60. The number of aromatic nitrogens is 2. The monoisotopic (exact) mass is 323 g/mol. The van der Waals surface area contributed by atoms with Crippen molar-refractivity contribution in [2.45, 2.75) is 25.9 Å². The molecule has 2 aromatic rings. The highest BCUT2D eigenvalue weighted by Gasteiger charge is 2.31. The van der Waals surface area contributed by atoms with E-state index in [1.165, 1.54) is 6.20 Å². The number of hydrogen-bond donors (Lipinski definition) is 1. The fourth-order valence-corrected chi connectivity index (χ4v) is 4.35. The average Bonchev–Trinajstić information content (AvgIpc) is 3.16. The molecule has 0 saturated carbocycles. The molecular weight excluding hydrogens is 306 g/mol. The minimum absolute atomic E-state index is 0.0889. The van der Waals surface area contributed by atoms with Crippen LogP contribution in [-0.2, 0) is 16.4 Å². The van der Waals surface area contributed by atoms with Crippen molar-refractivity contribution in [2.24, 2.45) is 0 Å². The van der Waals surface area contributed by atoms with E-state index in [0.29, 0.717) is 24.2 Å². The van der Waals surface area contributed by atoms with Gasteiger partial charge in [-0.05, 0) is 19.4 Å². The lowest BCUT2D eigenvalue weighted by molar-refractivity contribution is 0.0950. The van der Waals surface area contributed by atoms with Crippen LogP contribution in [-0.4, -0.2) is 35.6 Å². The highest BCUT2D eigenvalue weighted by atomic mass is 32.2. The molecule has 3 heterocycles. The maximum atomic E-state index is 12.2. The SMILES string of the molecule is Cc1c(C(=O)NCc2ccoc2)cnn1[C@H]1CCS(=O)(=O)C1. The van der Waals surface area contributed by atoms with Crippen molar-refractivity contribution >= 4 is 15.7 Å². The maximum absolute atomic E-state index is 12.2. The summed E-state index contributed by atoms with van der Waals surface area (Å²) in [5.41, 5.74) is 2.03. The minimum atomic E-state index is -2.98. The van der Waals surface area contributed by atoms with Gasteiger partial charge in [-0.15, -0.1) is 0 Å². The fraction of sp³-hybridized carbons (Fsp3) is 0.429. The Morgan fingerprint density at radius 1 is 1.55 bits per heavy atom. The number of sulfone groups is 1. The van der Waals surface area contributed by atoms with Crippen LogP contribution in [0.1, 0.15) is 34.1 Å². The normalized spacial score (nSPS) is 20.1. The summed E-state index contributed by atoms with van der Waals surface area (Å²) in [6.07, 6.45) is 5.15. The van der Waals surface area contributed by atoms with Crippen LogP contribution < -0.4 is 5.32 Å². The molecule has 0 unspecified atom stereocenters. The zero-order valence-corrected chi connectivity index (χ0v) is 13.0. The highest BCUT2D eigenvalue weighted by molar-refractivity contribution is 7.91. The lowest BCUT2D eigenvalue weighted by Gasteiger charge is -2.11. The zero-order valence-electron chi connectivity index (χ0n) is 12.2. The van der Waals surface area contributed by atoms with Crippen LogP contribution in [0.25, 0.3) is 0 Å². The molecule has 1 N–H and O–H groups in total. The van der Waals surface area contributed by atoms with Crippen molar-refractivity contribution in [3.8, 4) is 0 Å². The number of amides is 1. The molecule has 0 spiro atoms. The van der Waals surface area contributed by atoms with Crippen molar-refractivity contribution in [1.29, 1.82) is 0 Å². The van der Waals surface area contributed by atoms with Crippen LogP contribution in [0.15, 0.2) is 29.2 Å². The number of hydrogen-bond acceptors (Lipinski definition) is 5. The number of furan rings is 1. The van der Waals surface area contributed by atoms with Gasteiger partial charge in [0, 0.05) is 17.8 Å². The molecule has 2 aromatic heterocycles. The molecule has 1 aliphatic rings. The smallest absolute Gasteiger partial charge is 0.255 e. The van der Waals surface area contributed by atoms with E-state index in [1.807, 2.05) is 0 Å². The zero-order chi connectivity index (χ0) is 15.7. The first-order valence-electron chi connectivity index (χ1n) is 7.00. The van der Waals surface area contributed by atoms with Crippen LogP contribution in [0.2, 0.25) is 0 Å². The number of carbonyl (C=O) groups is 1. The van der Waals surface area contributed by atoms with E-state index in [2.05, 4.69) is 10.4 Å². The Bertz CT molecular complexity index is 777. The summed E-state index contributed by atoms with van der Waals surface area (Å²) < 4.78 is 29.7. The molecular formula is C14H17N3O4S. The number of nitrogens with one attached hydrogen (secondary N) is 1. The van der Waals surface area contributed by atoms with Gasteiger partial charge in [-0.2, -0.15) is 5.10 Å². The fourth-order valence-electron chi connectivity index (χ4n) is 2.65. The van der Waals surface area contributed by atoms with E-state index in [9.17, 15) is 13.2 Å². The maximum Gasteiger partial charge on any atom is 0.255 e. The molecule has 3 rings (SSSR count). The molecule has 1 atom stereocenters. The van der Waals surface area contributed by atoms with Crippen molar-refractivity contribution in [3.63, 3.8) is 0 Å². The van der Waals surface area contributed by atoms with Gasteiger partial charge in [-0.3, -0.25) is 9.48 Å². The third-order valence-corrected chi connectivity index (χ3v) is 5.63. The summed E-state index contributed by atoms with van der Waals surface area (Å²) in [5.74, 6) is 0.0377. The van der Waals surface area contributed by atoms with Crippen molar-refractivity contribution in [2.75, 3.05) is 11.5 Å². The second kappa shape index (κ2) is 5.60. The topological polar surface area (TPSA) is 94.2 Å². The molecule has 1 saturated heterocycles. The van der Waals surface area contributed by atoms with Crippen molar-refractivity contribution in [1.82, 2.24) is 15.1 Å². The Balaban J connectivity index is 1.71. The molecule has 1 aliphatic heterocycles. The van der Waals surface area contributed by atoms with Gasteiger partial charge in [-0.25, -0.2) is 8.42 Å². The molecule has 22 heavy (non-hydrogen) atoms. The van der Waals surface area contributed by atoms with E-state index in [1.54, 1.807) is 30.2 Å². The number of nitrogens with zero attached hydrogens (tertiary/aromatic N) is 2. The van der Waals surface area contributed by atoms with Gasteiger partial charge in [0.2, 0.25) is 0 Å². The lowest BCUT2D eigenvalue weighted by atomic mass is 10.2. The second-order valence-corrected chi connectivity index (χ2v) is 7.69. The Labute approximate surface area is 128 Å². The van der Waals surface area contributed by atoms with Gasteiger partial charge < -0.3 is 9.73 Å². The molecule has 8 heteroatoms. The molecule has 0 aliphatic carbocycles. The number of rotatable bonds is 4. The van der Waals surface area contributed by atoms with Gasteiger partial charge in [0.05, 0.1) is 41.8 Å². The van der Waals surface area contributed by atoms with Gasteiger partial charge in [0.1, 0.15) is 0 Å². The summed E-state index contributed by atoms with van der Waals surface area (Å²) in [6.45, 7) is 2.16. The molecule has 7 nitrogen and oxygen atoms in total. The largest absolute Gasteiger partial charge is 0.472 e. The molecule has 118 valence electrons. The van der Waals surface area contributed by atoms with E-state index in [4.69, 9.17) is 4.42 Å². The van der Waals surface area contributed by atoms with Crippen LogP contribution in [0.5, 0.6) is 0 Å². The Hall–Kier alpha value is -2.09. The van der Waals surface area contributed by atoms with Crippen LogP contribution in [0.3, 0.4) is 0 Å². The second-order valence-electron chi connectivity index (χ2n) is 5.46. The summed E-state index contributed by atoms with van der Waals surface area (Å²) in [4.78, 5) is 12.2. The number of carbonyl (C=O) groups excluding carboxylic acids is 1. The first-order valence-corrected chi connectivity index (χ1v) is 8.82. The predicted octanol–water partition coefficient (Wildman–Crippen LogP) is 1.07. The van der Waals surface area contributed by atoms with Crippen LogP contribution >= 0.6 is 0 Å². The lowest BCUT2D eigenvalue weighted by Crippen LogP contribution is -2.23. The predicted molar refractivity (Wildman–Crippen MR) is 79.2 cm³/mol. The van der Waals surface area contributed by atoms with E-state index in [0.717, 1.165) is 5.56 Å². The molecule has 0 bridgehead atoms. The van der Waals surface area contributed by atoms with Crippen molar-refractivity contribution < 1.29 is 17.6 Å². The van der Waals surface area contributed by atoms with Gasteiger partial charge in [0.25, 0.3) is 5.91 Å². The first kappa shape index (κ1) is 14.8. The van der Waals surface area contributed by atoms with Gasteiger partial charge >= 0.3 is 0 Å². The first-order chi connectivity index (χ1) is 10.5. The molecule has 0 radical (unpaired) electrons. The van der Waals surface area contributed by atoms with E-state index >= 15 is 0 Å². The third-order valence-electron chi connectivity index (χ3n) is 3.88.